The van der Waals surface area contributed by atoms with Gasteiger partial charge in [-0.3, -0.25) is 0 Å². The Kier molecular flexibility index (Phi) is 3.75. The molecule has 1 aromatic rings. The molecule has 18 heavy (non-hydrogen) atoms. The van der Waals surface area contributed by atoms with Crippen LogP contribution in [0.2, 0.25) is 0 Å². The average molecular weight is 263 g/mol. The van der Waals surface area contributed by atoms with E-state index >= 15 is 0 Å². The van der Waals surface area contributed by atoms with Crippen molar-refractivity contribution in [1.82, 2.24) is 0 Å². The monoisotopic (exact) mass is 263 g/mol. The van der Waals surface area contributed by atoms with Crippen molar-refractivity contribution >= 4 is 5.69 Å². The molecule has 0 unspecified atom stereocenters. The second-order valence-corrected chi connectivity index (χ2v) is 4.49. The quantitative estimate of drug-likeness (QED) is 0.635. The molecule has 1 saturated carbocycles. The number of hydrogen-bond donors (Lipinski definition) is 2. The fourth-order valence-corrected chi connectivity index (χ4v) is 2.12. The lowest BCUT2D eigenvalue weighted by atomic mass is 9.93. The first-order valence-electron chi connectivity index (χ1n) is 5.76. The van der Waals surface area contributed by atoms with Crippen LogP contribution in [0.25, 0.3) is 0 Å². The van der Waals surface area contributed by atoms with Crippen LogP contribution < -0.4 is 5.32 Å². The van der Waals surface area contributed by atoms with Gasteiger partial charge in [0.2, 0.25) is 0 Å². The van der Waals surface area contributed by atoms with E-state index in [0.717, 1.165) is 0 Å². The molecular formula is C12H13F4NO. The van der Waals surface area contributed by atoms with Crippen LogP contribution in [0.3, 0.4) is 0 Å². The Labute approximate surface area is 102 Å². The van der Waals surface area contributed by atoms with Crippen molar-refractivity contribution in [2.45, 2.75) is 37.8 Å². The summed E-state index contributed by atoms with van der Waals surface area (Å²) in [6.45, 7) is 0. The first-order chi connectivity index (χ1) is 8.49. The normalized spacial score (nSPS) is 24.1. The number of nitrogens with one attached hydrogen (secondary N) is 1. The summed E-state index contributed by atoms with van der Waals surface area (Å²) in [5.74, 6) is -5.68. The highest BCUT2D eigenvalue weighted by Gasteiger charge is 2.24. The lowest BCUT2D eigenvalue weighted by molar-refractivity contribution is 0.126. The van der Waals surface area contributed by atoms with E-state index in [4.69, 9.17) is 0 Å². The van der Waals surface area contributed by atoms with Gasteiger partial charge in [0.15, 0.2) is 23.3 Å². The smallest absolute Gasteiger partial charge is 0.185 e. The van der Waals surface area contributed by atoms with Gasteiger partial charge < -0.3 is 10.4 Å². The summed E-state index contributed by atoms with van der Waals surface area (Å²) in [7, 11) is 0. The molecule has 0 spiro atoms. The second kappa shape index (κ2) is 5.14. The highest BCUT2D eigenvalue weighted by atomic mass is 19.2. The third kappa shape index (κ3) is 2.58. The largest absolute Gasteiger partial charge is 0.393 e. The van der Waals surface area contributed by atoms with Crippen LogP contribution in [-0.4, -0.2) is 17.3 Å². The summed E-state index contributed by atoms with van der Waals surface area (Å²) in [6, 6.07) is -0.112. The third-order valence-electron chi connectivity index (χ3n) is 3.16. The number of benzene rings is 1. The van der Waals surface area contributed by atoms with Gasteiger partial charge in [-0.1, -0.05) is 0 Å². The van der Waals surface area contributed by atoms with Crippen molar-refractivity contribution < 1.29 is 22.7 Å². The molecule has 1 aliphatic rings. The Bertz CT molecular complexity index is 418. The molecule has 2 N–H and O–H groups in total. The van der Waals surface area contributed by atoms with Crippen molar-refractivity contribution in [2.75, 3.05) is 5.32 Å². The van der Waals surface area contributed by atoms with Gasteiger partial charge in [0.1, 0.15) is 5.69 Å². The van der Waals surface area contributed by atoms with E-state index in [9.17, 15) is 22.7 Å². The van der Waals surface area contributed by atoms with Crippen LogP contribution in [0.4, 0.5) is 23.2 Å². The van der Waals surface area contributed by atoms with E-state index in [1.165, 1.54) is 0 Å². The number of aliphatic hydroxyl groups excluding tert-OH is 1. The molecule has 2 nitrogen and oxygen atoms in total. The average Bonchev–Trinajstić information content (AvgIpc) is 2.34. The molecule has 6 heteroatoms. The molecule has 0 atom stereocenters. The van der Waals surface area contributed by atoms with Gasteiger partial charge in [-0.2, -0.15) is 0 Å². The van der Waals surface area contributed by atoms with Gasteiger partial charge in [0.25, 0.3) is 0 Å². The minimum Gasteiger partial charge on any atom is -0.393 e. The van der Waals surface area contributed by atoms with Crippen LogP contribution in [0.5, 0.6) is 0 Å². The molecule has 0 heterocycles. The van der Waals surface area contributed by atoms with E-state index in [1.807, 2.05) is 0 Å². The molecule has 0 amide bonds. The molecule has 100 valence electrons. The van der Waals surface area contributed by atoms with Crippen molar-refractivity contribution in [2.24, 2.45) is 0 Å². The van der Waals surface area contributed by atoms with Gasteiger partial charge in [0, 0.05) is 12.1 Å². The van der Waals surface area contributed by atoms with E-state index < -0.39 is 35.1 Å². The standard InChI is InChI=1S/C12H13F4NO/c13-8-5-9(14)11(16)12(10(8)15)17-6-1-3-7(18)4-2-6/h5-7,17-18H,1-4H2. The van der Waals surface area contributed by atoms with Gasteiger partial charge >= 0.3 is 0 Å². The minimum atomic E-state index is -1.42. The number of anilines is 1. The van der Waals surface area contributed by atoms with E-state index in [-0.39, 0.29) is 12.1 Å². The Balaban J connectivity index is 2.18. The molecule has 1 aliphatic carbocycles. The summed E-state index contributed by atoms with van der Waals surface area (Å²) in [5, 5.41) is 11.8. The molecule has 1 fully saturated rings. The molecule has 0 radical (unpaired) electrons. The zero-order valence-electron chi connectivity index (χ0n) is 9.52. The Morgan fingerprint density at radius 2 is 1.44 bits per heavy atom. The van der Waals surface area contributed by atoms with E-state index in [1.54, 1.807) is 0 Å². The van der Waals surface area contributed by atoms with Crippen LogP contribution in [0.1, 0.15) is 25.7 Å². The SMILES string of the molecule is OC1CCC(Nc2c(F)c(F)cc(F)c2F)CC1. The first kappa shape index (κ1) is 13.1. The van der Waals surface area contributed by atoms with Crippen LogP contribution in [0.15, 0.2) is 6.07 Å². The first-order valence-corrected chi connectivity index (χ1v) is 5.76. The summed E-state index contributed by atoms with van der Waals surface area (Å²) >= 11 is 0. The number of rotatable bonds is 2. The second-order valence-electron chi connectivity index (χ2n) is 4.49. The van der Waals surface area contributed by atoms with Gasteiger partial charge in [-0.05, 0) is 25.7 Å². The maximum Gasteiger partial charge on any atom is 0.185 e. The summed E-state index contributed by atoms with van der Waals surface area (Å²) in [5.41, 5.74) is -0.770. The van der Waals surface area contributed by atoms with Crippen LogP contribution in [0, 0.1) is 23.3 Å². The van der Waals surface area contributed by atoms with Crippen LogP contribution >= 0.6 is 0 Å². The predicted molar refractivity (Wildman–Crippen MR) is 58.2 cm³/mol. The highest BCUT2D eigenvalue weighted by molar-refractivity contribution is 5.48. The zero-order valence-corrected chi connectivity index (χ0v) is 9.52. The van der Waals surface area contributed by atoms with Gasteiger partial charge in [-0.25, -0.2) is 17.6 Å². The molecular weight excluding hydrogens is 250 g/mol. The molecule has 2 rings (SSSR count). The summed E-state index contributed by atoms with van der Waals surface area (Å²) in [6.07, 6.45) is 1.58. The van der Waals surface area contributed by atoms with Crippen molar-refractivity contribution in [1.29, 1.82) is 0 Å². The predicted octanol–water partition coefficient (Wildman–Crippen LogP) is 2.96. The fraction of sp³-hybridized carbons (Fsp3) is 0.500. The molecule has 0 saturated heterocycles. The fourth-order valence-electron chi connectivity index (χ4n) is 2.12. The Hall–Kier alpha value is -1.30. The topological polar surface area (TPSA) is 32.3 Å². The third-order valence-corrected chi connectivity index (χ3v) is 3.16. The van der Waals surface area contributed by atoms with Crippen molar-refractivity contribution in [3.8, 4) is 0 Å². The maximum atomic E-state index is 13.4. The molecule has 0 aromatic heterocycles. The lowest BCUT2D eigenvalue weighted by Gasteiger charge is -2.27. The zero-order chi connectivity index (χ0) is 13.3. The van der Waals surface area contributed by atoms with Crippen molar-refractivity contribution in [3.05, 3.63) is 29.3 Å². The minimum absolute atomic E-state index is 0.181. The summed E-state index contributed by atoms with van der Waals surface area (Å²) in [4.78, 5) is 0. The number of hydrogen-bond acceptors (Lipinski definition) is 2. The maximum absolute atomic E-state index is 13.4. The van der Waals surface area contributed by atoms with Gasteiger partial charge in [-0.15, -0.1) is 0 Å². The van der Waals surface area contributed by atoms with Crippen LogP contribution in [-0.2, 0) is 0 Å². The summed E-state index contributed by atoms with van der Waals surface area (Å²) < 4.78 is 52.7. The van der Waals surface area contributed by atoms with Gasteiger partial charge in [0.05, 0.1) is 6.10 Å². The van der Waals surface area contributed by atoms with E-state index in [2.05, 4.69) is 5.32 Å². The Morgan fingerprint density at radius 3 is 1.94 bits per heavy atom. The van der Waals surface area contributed by atoms with Crippen molar-refractivity contribution in [3.63, 3.8) is 0 Å². The molecule has 0 bridgehead atoms. The highest BCUT2D eigenvalue weighted by Crippen LogP contribution is 2.28. The number of halogens is 4. The number of aliphatic hydroxyl groups is 1. The van der Waals surface area contributed by atoms with E-state index in [0.29, 0.717) is 25.7 Å². The molecule has 1 aromatic carbocycles. The lowest BCUT2D eigenvalue weighted by Crippen LogP contribution is -2.29. The Morgan fingerprint density at radius 1 is 0.944 bits per heavy atom. The molecule has 0 aliphatic heterocycles.